The fourth-order valence-corrected chi connectivity index (χ4v) is 7.86. The van der Waals surface area contributed by atoms with Crippen LogP contribution in [0.4, 0.5) is 0 Å². The molecule has 2 aromatic carbocycles. The first-order valence-corrected chi connectivity index (χ1v) is 15.0. The molecule has 1 aliphatic carbocycles. The monoisotopic (exact) mass is 534 g/mol. The Morgan fingerprint density at radius 3 is 2.45 bits per heavy atom. The number of carbonyl (C=O) groups excluding carboxylic acids is 2. The summed E-state index contributed by atoms with van der Waals surface area (Å²) >= 11 is 0. The molecule has 38 heavy (non-hydrogen) atoms. The van der Waals surface area contributed by atoms with Crippen molar-refractivity contribution in [2.24, 2.45) is 11.8 Å². The van der Waals surface area contributed by atoms with E-state index in [1.165, 1.54) is 34.1 Å². The quantitative estimate of drug-likeness (QED) is 0.650. The molecule has 8 nitrogen and oxygen atoms in total. The predicted molar refractivity (Wildman–Crippen MR) is 142 cm³/mol. The van der Waals surface area contributed by atoms with E-state index in [0.717, 1.165) is 31.2 Å². The van der Waals surface area contributed by atoms with Gasteiger partial charge in [-0.2, -0.15) is 9.57 Å². The molecule has 3 aliphatic rings. The first-order chi connectivity index (χ1) is 18.4. The summed E-state index contributed by atoms with van der Waals surface area (Å²) in [6, 6.07) is 15.5. The molecule has 2 heterocycles. The second-order valence-electron chi connectivity index (χ2n) is 10.6. The molecular weight excluding hydrogens is 500 g/mol. The molecule has 3 unspecified atom stereocenters. The van der Waals surface area contributed by atoms with Gasteiger partial charge >= 0.3 is 0 Å². The second-order valence-corrected chi connectivity index (χ2v) is 12.5. The Hall–Kier alpha value is -3.22. The van der Waals surface area contributed by atoms with E-state index < -0.39 is 27.9 Å². The van der Waals surface area contributed by atoms with E-state index in [1.54, 1.807) is 0 Å². The topological polar surface area (TPSA) is 111 Å². The van der Waals surface area contributed by atoms with Gasteiger partial charge < -0.3 is 10.2 Å². The van der Waals surface area contributed by atoms with Crippen molar-refractivity contribution in [2.75, 3.05) is 19.6 Å². The van der Waals surface area contributed by atoms with Gasteiger partial charge in [0.25, 0.3) is 0 Å². The molecule has 0 aromatic heterocycles. The van der Waals surface area contributed by atoms with Gasteiger partial charge in [0.2, 0.25) is 21.8 Å². The van der Waals surface area contributed by atoms with Crippen LogP contribution < -0.4 is 5.32 Å². The normalized spacial score (nSPS) is 24.9. The molecule has 2 amide bonds. The highest BCUT2D eigenvalue weighted by atomic mass is 32.2. The summed E-state index contributed by atoms with van der Waals surface area (Å²) in [5, 5.41) is 12.1. The van der Waals surface area contributed by atoms with E-state index in [0.29, 0.717) is 51.0 Å². The van der Waals surface area contributed by atoms with Crippen LogP contribution in [-0.4, -0.2) is 55.1 Å². The van der Waals surface area contributed by atoms with Gasteiger partial charge in [0.15, 0.2) is 0 Å². The molecule has 0 bridgehead atoms. The molecule has 2 fully saturated rings. The van der Waals surface area contributed by atoms with E-state index >= 15 is 0 Å². The van der Waals surface area contributed by atoms with Gasteiger partial charge in [-0.3, -0.25) is 9.59 Å². The molecule has 1 N–H and O–H groups in total. The number of hydrogen-bond acceptors (Lipinski definition) is 5. The molecule has 3 atom stereocenters. The Balaban J connectivity index is 1.43. The summed E-state index contributed by atoms with van der Waals surface area (Å²) < 4.78 is 29.3. The third-order valence-electron chi connectivity index (χ3n) is 8.22. The molecule has 2 aliphatic heterocycles. The Morgan fingerprint density at radius 1 is 0.947 bits per heavy atom. The number of sulfonamides is 1. The largest absolute Gasteiger partial charge is 0.356 e. The lowest BCUT2D eigenvalue weighted by molar-refractivity contribution is -0.136. The molecule has 9 heteroatoms. The average molecular weight is 535 g/mol. The number of nitriles is 1. The highest BCUT2D eigenvalue weighted by molar-refractivity contribution is 7.89. The van der Waals surface area contributed by atoms with Gasteiger partial charge in [-0.25, -0.2) is 8.42 Å². The average Bonchev–Trinajstić information content (AvgIpc) is 3.37. The van der Waals surface area contributed by atoms with Crippen LogP contribution in [0.15, 0.2) is 53.4 Å². The van der Waals surface area contributed by atoms with Crippen LogP contribution >= 0.6 is 0 Å². The van der Waals surface area contributed by atoms with Crippen LogP contribution in [0, 0.1) is 23.2 Å². The third kappa shape index (κ3) is 5.33. The second kappa shape index (κ2) is 11.3. The van der Waals surface area contributed by atoms with Gasteiger partial charge in [-0.15, -0.1) is 0 Å². The smallest absolute Gasteiger partial charge is 0.243 e. The summed E-state index contributed by atoms with van der Waals surface area (Å²) in [5.41, 5.74) is 2.78. The van der Waals surface area contributed by atoms with Crippen molar-refractivity contribution in [1.82, 2.24) is 14.5 Å². The maximum atomic E-state index is 13.9. The zero-order valence-electron chi connectivity index (χ0n) is 21.5. The summed E-state index contributed by atoms with van der Waals surface area (Å²) in [6.45, 7) is 2.03. The van der Waals surface area contributed by atoms with Gasteiger partial charge in [0, 0.05) is 38.1 Å². The predicted octanol–water partition coefficient (Wildman–Crippen LogP) is 3.22. The molecule has 2 aromatic rings. The Kier molecular flexibility index (Phi) is 7.82. The lowest BCUT2D eigenvalue weighted by atomic mass is 9.97. The van der Waals surface area contributed by atoms with Crippen molar-refractivity contribution in [3.8, 4) is 6.07 Å². The number of fused-ring (bicyclic) bond motifs is 2. The minimum Gasteiger partial charge on any atom is -0.356 e. The summed E-state index contributed by atoms with van der Waals surface area (Å²) in [5.74, 6) is -1.17. The summed E-state index contributed by atoms with van der Waals surface area (Å²) in [6.07, 6.45) is 4.77. The van der Waals surface area contributed by atoms with Crippen LogP contribution in [0.2, 0.25) is 0 Å². The van der Waals surface area contributed by atoms with E-state index in [1.807, 2.05) is 29.2 Å². The SMILES string of the molecule is N#Cc1ccc(S(=O)(=O)N2CCCCCCNC(=O)C3CC(C(=O)N4CCc5ccccc5C4)CC32)cc1. The van der Waals surface area contributed by atoms with E-state index in [4.69, 9.17) is 5.26 Å². The Bertz CT molecular complexity index is 1340. The summed E-state index contributed by atoms with van der Waals surface area (Å²) in [7, 11) is -3.94. The lowest BCUT2D eigenvalue weighted by Gasteiger charge is -2.32. The lowest BCUT2D eigenvalue weighted by Crippen LogP contribution is -2.47. The fraction of sp³-hybridized carbons (Fsp3) is 0.483. The summed E-state index contributed by atoms with van der Waals surface area (Å²) in [4.78, 5) is 29.0. The van der Waals surface area contributed by atoms with Crippen molar-refractivity contribution in [3.05, 3.63) is 65.2 Å². The zero-order chi connectivity index (χ0) is 26.7. The van der Waals surface area contributed by atoms with Gasteiger partial charge in [0.1, 0.15) is 0 Å². The number of rotatable bonds is 3. The number of nitrogens with one attached hydrogen (secondary N) is 1. The first-order valence-electron chi connectivity index (χ1n) is 13.5. The number of carbonyl (C=O) groups is 2. The Labute approximate surface area is 224 Å². The van der Waals surface area contributed by atoms with Crippen LogP contribution in [-0.2, 0) is 32.6 Å². The van der Waals surface area contributed by atoms with Crippen molar-refractivity contribution >= 4 is 21.8 Å². The standard InChI is InChI=1S/C29H34N4O4S/c30-19-21-9-11-25(12-10-21)38(36,37)33-15-6-2-1-5-14-31-28(34)26-17-24(18-27(26)33)29(35)32-16-13-22-7-3-4-8-23(22)20-32/h3-4,7-12,24,26-27H,1-2,5-6,13-18,20H2,(H,31,34). The first kappa shape index (κ1) is 26.4. The number of benzene rings is 2. The zero-order valence-corrected chi connectivity index (χ0v) is 22.3. The van der Waals surface area contributed by atoms with Crippen molar-refractivity contribution < 1.29 is 18.0 Å². The maximum absolute atomic E-state index is 13.9. The molecule has 200 valence electrons. The fourth-order valence-electron chi connectivity index (χ4n) is 6.15. The number of hydrogen-bond donors (Lipinski definition) is 1. The molecule has 0 radical (unpaired) electrons. The van der Waals surface area contributed by atoms with Crippen LogP contribution in [0.1, 0.15) is 55.2 Å². The minimum absolute atomic E-state index is 0.00242. The number of nitrogens with zero attached hydrogens (tertiary/aromatic N) is 3. The molecule has 1 saturated heterocycles. The Morgan fingerprint density at radius 2 is 1.68 bits per heavy atom. The minimum atomic E-state index is -3.94. The molecule has 0 spiro atoms. The maximum Gasteiger partial charge on any atom is 0.243 e. The molecule has 5 rings (SSSR count). The van der Waals surface area contributed by atoms with Crippen LogP contribution in [0.3, 0.4) is 0 Å². The van der Waals surface area contributed by atoms with Gasteiger partial charge in [0.05, 0.1) is 22.4 Å². The van der Waals surface area contributed by atoms with E-state index in [-0.39, 0.29) is 16.7 Å². The highest BCUT2D eigenvalue weighted by Gasteiger charge is 2.48. The van der Waals surface area contributed by atoms with Crippen molar-refractivity contribution in [1.29, 1.82) is 5.26 Å². The molecular formula is C29H34N4O4S. The highest BCUT2D eigenvalue weighted by Crippen LogP contribution is 2.39. The van der Waals surface area contributed by atoms with Crippen molar-refractivity contribution in [3.63, 3.8) is 0 Å². The third-order valence-corrected chi connectivity index (χ3v) is 10.2. The molecule has 1 saturated carbocycles. The van der Waals surface area contributed by atoms with Crippen LogP contribution in [0.5, 0.6) is 0 Å². The van der Waals surface area contributed by atoms with Crippen molar-refractivity contribution in [2.45, 2.75) is 62.4 Å². The van der Waals surface area contributed by atoms with Crippen LogP contribution in [0.25, 0.3) is 0 Å². The van der Waals surface area contributed by atoms with E-state index in [2.05, 4.69) is 11.4 Å². The number of amides is 2. The van der Waals surface area contributed by atoms with E-state index in [9.17, 15) is 18.0 Å². The van der Waals surface area contributed by atoms with Gasteiger partial charge in [-0.1, -0.05) is 37.1 Å². The van der Waals surface area contributed by atoms with Gasteiger partial charge in [-0.05, 0) is 67.5 Å².